The first-order valence-electron chi connectivity index (χ1n) is 6.80. The summed E-state index contributed by atoms with van der Waals surface area (Å²) < 4.78 is 15.8. The molecule has 23 heavy (non-hydrogen) atoms. The summed E-state index contributed by atoms with van der Waals surface area (Å²) in [5, 5.41) is 0.715. The summed E-state index contributed by atoms with van der Waals surface area (Å²) in [4.78, 5) is 12.2. The van der Waals surface area contributed by atoms with Crippen molar-refractivity contribution < 1.29 is 19.0 Å². The van der Waals surface area contributed by atoms with Crippen molar-refractivity contribution in [1.82, 2.24) is 0 Å². The van der Waals surface area contributed by atoms with Crippen molar-refractivity contribution in [3.05, 3.63) is 57.1 Å². The summed E-state index contributed by atoms with van der Waals surface area (Å²) in [6, 6.07) is 8.25. The number of rotatable bonds is 5. The fourth-order valence-corrected chi connectivity index (χ4v) is 2.42. The molecule has 2 aromatic rings. The van der Waals surface area contributed by atoms with Gasteiger partial charge in [0.2, 0.25) is 0 Å². The Balaban J connectivity index is 2.17. The summed E-state index contributed by atoms with van der Waals surface area (Å²) in [5.41, 5.74) is 1.97. The van der Waals surface area contributed by atoms with Crippen LogP contribution in [0.5, 0.6) is 11.5 Å². The van der Waals surface area contributed by atoms with Gasteiger partial charge in [-0.25, -0.2) is 4.79 Å². The molecule has 2 aromatic carbocycles. The third kappa shape index (κ3) is 4.09. The third-order valence-electron chi connectivity index (χ3n) is 3.35. The molecule has 0 aliphatic heterocycles. The molecular formula is C17H16Cl2O4. The summed E-state index contributed by atoms with van der Waals surface area (Å²) in [6.45, 7) is 1.99. The van der Waals surface area contributed by atoms with Gasteiger partial charge < -0.3 is 14.2 Å². The number of hydrogen-bond acceptors (Lipinski definition) is 4. The zero-order chi connectivity index (χ0) is 17.0. The number of methoxy groups -OCH3 is 2. The second-order valence-corrected chi connectivity index (χ2v) is 5.68. The first-order chi connectivity index (χ1) is 11.0. The van der Waals surface area contributed by atoms with Crippen LogP contribution in [0.15, 0.2) is 30.3 Å². The first kappa shape index (κ1) is 17.4. The maximum absolute atomic E-state index is 12.2. The largest absolute Gasteiger partial charge is 0.493 e. The smallest absolute Gasteiger partial charge is 0.340 e. The fourth-order valence-electron chi connectivity index (χ4n) is 2.05. The lowest BCUT2D eigenvalue weighted by molar-refractivity contribution is 0.0472. The first-order valence-corrected chi connectivity index (χ1v) is 7.55. The van der Waals surface area contributed by atoms with Crippen molar-refractivity contribution in [2.45, 2.75) is 13.5 Å². The van der Waals surface area contributed by atoms with Gasteiger partial charge in [0.25, 0.3) is 0 Å². The summed E-state index contributed by atoms with van der Waals surface area (Å²) >= 11 is 11.9. The Bertz CT molecular complexity index is 729. The Kier molecular flexibility index (Phi) is 5.74. The molecule has 0 radical (unpaired) electrons. The van der Waals surface area contributed by atoms with E-state index in [1.807, 2.05) is 13.0 Å². The number of benzene rings is 2. The quantitative estimate of drug-likeness (QED) is 0.731. The minimum Gasteiger partial charge on any atom is -0.493 e. The SMILES string of the molecule is COc1cc(C)c(COC(=O)c2cc(Cl)ccc2Cl)cc1OC. The lowest BCUT2D eigenvalue weighted by Crippen LogP contribution is -2.07. The standard InChI is InChI=1S/C17H16Cl2O4/c1-10-6-15(21-2)16(22-3)7-11(10)9-23-17(20)13-8-12(18)4-5-14(13)19/h4-8H,9H2,1-3H3. The maximum atomic E-state index is 12.2. The predicted octanol–water partition coefficient (Wildman–Crippen LogP) is 4.68. The molecule has 122 valence electrons. The average molecular weight is 355 g/mol. The molecule has 6 heteroatoms. The zero-order valence-electron chi connectivity index (χ0n) is 13.0. The minimum absolute atomic E-state index is 0.0911. The highest BCUT2D eigenvalue weighted by atomic mass is 35.5. The second-order valence-electron chi connectivity index (χ2n) is 4.83. The van der Waals surface area contributed by atoms with Gasteiger partial charge >= 0.3 is 5.97 Å². The molecule has 0 bridgehead atoms. The molecule has 0 amide bonds. The van der Waals surface area contributed by atoms with E-state index in [2.05, 4.69) is 0 Å². The van der Waals surface area contributed by atoms with Crippen LogP contribution >= 0.6 is 23.2 Å². The van der Waals surface area contributed by atoms with Gasteiger partial charge in [-0.3, -0.25) is 0 Å². The number of esters is 1. The molecule has 0 N–H and O–H groups in total. The average Bonchev–Trinajstić information content (AvgIpc) is 2.55. The topological polar surface area (TPSA) is 44.8 Å². The highest BCUT2D eigenvalue weighted by Gasteiger charge is 2.15. The van der Waals surface area contributed by atoms with E-state index in [0.29, 0.717) is 21.5 Å². The lowest BCUT2D eigenvalue weighted by atomic mass is 10.1. The van der Waals surface area contributed by atoms with E-state index in [-0.39, 0.29) is 12.2 Å². The Hall–Kier alpha value is -1.91. The predicted molar refractivity (Wildman–Crippen MR) is 89.9 cm³/mol. The normalized spacial score (nSPS) is 10.3. The van der Waals surface area contributed by atoms with Crippen molar-refractivity contribution in [2.24, 2.45) is 0 Å². The number of halogens is 2. The summed E-state index contributed by atoms with van der Waals surface area (Å²) in [6.07, 6.45) is 0. The van der Waals surface area contributed by atoms with Crippen molar-refractivity contribution in [1.29, 1.82) is 0 Å². The van der Waals surface area contributed by atoms with Crippen molar-refractivity contribution >= 4 is 29.2 Å². The molecular weight excluding hydrogens is 339 g/mol. The molecule has 2 rings (SSSR count). The molecule has 0 heterocycles. The highest BCUT2D eigenvalue weighted by Crippen LogP contribution is 2.31. The van der Waals surface area contributed by atoms with Gasteiger partial charge in [-0.15, -0.1) is 0 Å². The van der Waals surface area contributed by atoms with Gasteiger partial charge in [-0.05, 0) is 48.4 Å². The number of hydrogen-bond donors (Lipinski definition) is 0. The van der Waals surface area contributed by atoms with Crippen LogP contribution in [0.2, 0.25) is 10.0 Å². The van der Waals surface area contributed by atoms with Crippen LogP contribution in [-0.2, 0) is 11.3 Å². The second kappa shape index (κ2) is 7.57. The fraction of sp³-hybridized carbons (Fsp3) is 0.235. The van der Waals surface area contributed by atoms with E-state index in [9.17, 15) is 4.79 Å². The Morgan fingerprint density at radius 2 is 1.70 bits per heavy atom. The Morgan fingerprint density at radius 1 is 1.04 bits per heavy atom. The van der Waals surface area contributed by atoms with E-state index in [1.165, 1.54) is 6.07 Å². The number of aryl methyl sites for hydroxylation is 1. The Labute approximate surface area is 144 Å². The van der Waals surface area contributed by atoms with Crippen molar-refractivity contribution in [3.63, 3.8) is 0 Å². The molecule has 0 aliphatic carbocycles. The van der Waals surface area contributed by atoms with Crippen LogP contribution in [0, 0.1) is 6.92 Å². The third-order valence-corrected chi connectivity index (χ3v) is 3.91. The van der Waals surface area contributed by atoms with Gasteiger partial charge in [-0.2, -0.15) is 0 Å². The minimum atomic E-state index is -0.535. The van der Waals surface area contributed by atoms with Gasteiger partial charge in [-0.1, -0.05) is 23.2 Å². The van der Waals surface area contributed by atoms with E-state index in [0.717, 1.165) is 11.1 Å². The number of ether oxygens (including phenoxy) is 3. The summed E-state index contributed by atoms with van der Waals surface area (Å²) in [7, 11) is 3.12. The molecule has 0 saturated carbocycles. The number of carbonyl (C=O) groups is 1. The molecule has 0 unspecified atom stereocenters. The van der Waals surface area contributed by atoms with Crippen LogP contribution < -0.4 is 9.47 Å². The van der Waals surface area contributed by atoms with Crippen LogP contribution in [0.25, 0.3) is 0 Å². The highest BCUT2D eigenvalue weighted by molar-refractivity contribution is 6.35. The van der Waals surface area contributed by atoms with Gasteiger partial charge in [0, 0.05) is 5.02 Å². The maximum Gasteiger partial charge on any atom is 0.340 e. The molecule has 4 nitrogen and oxygen atoms in total. The Morgan fingerprint density at radius 3 is 2.35 bits per heavy atom. The summed E-state index contributed by atoms with van der Waals surface area (Å²) in [5.74, 6) is 0.662. The molecule has 0 fully saturated rings. The van der Waals surface area contributed by atoms with Crippen molar-refractivity contribution in [2.75, 3.05) is 14.2 Å². The van der Waals surface area contributed by atoms with Crippen LogP contribution in [0.1, 0.15) is 21.5 Å². The molecule has 0 spiro atoms. The molecule has 0 atom stereocenters. The van der Waals surface area contributed by atoms with Gasteiger partial charge in [0.15, 0.2) is 11.5 Å². The van der Waals surface area contributed by atoms with Gasteiger partial charge in [0.05, 0.1) is 24.8 Å². The lowest BCUT2D eigenvalue weighted by Gasteiger charge is -2.13. The van der Waals surface area contributed by atoms with Crippen LogP contribution in [0.3, 0.4) is 0 Å². The molecule has 0 aliphatic rings. The van der Waals surface area contributed by atoms with E-state index < -0.39 is 5.97 Å². The van der Waals surface area contributed by atoms with Crippen LogP contribution in [0.4, 0.5) is 0 Å². The van der Waals surface area contributed by atoms with Gasteiger partial charge in [0.1, 0.15) is 6.61 Å². The van der Waals surface area contributed by atoms with E-state index in [1.54, 1.807) is 32.4 Å². The molecule has 0 aromatic heterocycles. The van der Waals surface area contributed by atoms with Crippen LogP contribution in [-0.4, -0.2) is 20.2 Å². The zero-order valence-corrected chi connectivity index (χ0v) is 14.5. The molecule has 0 saturated heterocycles. The van der Waals surface area contributed by atoms with Crippen molar-refractivity contribution in [3.8, 4) is 11.5 Å². The van der Waals surface area contributed by atoms with E-state index >= 15 is 0 Å². The van der Waals surface area contributed by atoms with E-state index in [4.69, 9.17) is 37.4 Å². The number of carbonyl (C=O) groups excluding carboxylic acids is 1. The monoisotopic (exact) mass is 354 g/mol.